The summed E-state index contributed by atoms with van der Waals surface area (Å²) in [6, 6.07) is 26.2. The quantitative estimate of drug-likeness (QED) is 0.396. The van der Waals surface area contributed by atoms with Crippen LogP contribution in [-0.4, -0.2) is 16.8 Å². The zero-order chi connectivity index (χ0) is 22.5. The van der Waals surface area contributed by atoms with Crippen LogP contribution in [0.5, 0.6) is 0 Å². The Hall–Kier alpha value is -3.30. The van der Waals surface area contributed by atoms with Crippen molar-refractivity contribution in [3.63, 3.8) is 0 Å². The highest BCUT2D eigenvalue weighted by Gasteiger charge is 2.33. The molecular weight excluding hydrogens is 446 g/mol. The molecule has 0 spiro atoms. The van der Waals surface area contributed by atoms with E-state index in [9.17, 15) is 16.8 Å². The SMILES string of the molecule is NOS(=O)(=O)c1ccc(-c2ccc3c(c2)S(=O)(=O)c2cc(-c4ccccc4)ccc2-3)cc1. The summed E-state index contributed by atoms with van der Waals surface area (Å²) in [7, 11) is -7.70. The minimum Gasteiger partial charge on any atom is -0.218 e. The third kappa shape index (κ3) is 3.25. The molecule has 4 aromatic carbocycles. The Bertz CT molecular complexity index is 1560. The number of benzene rings is 4. The Morgan fingerprint density at radius 2 is 1.09 bits per heavy atom. The van der Waals surface area contributed by atoms with Gasteiger partial charge < -0.3 is 0 Å². The van der Waals surface area contributed by atoms with Gasteiger partial charge in [-0.3, -0.25) is 0 Å². The Labute approximate surface area is 185 Å². The molecule has 0 radical (unpaired) electrons. The van der Waals surface area contributed by atoms with Crippen molar-refractivity contribution >= 4 is 20.0 Å². The average Bonchev–Trinajstić information content (AvgIpc) is 3.05. The third-order valence-electron chi connectivity index (χ3n) is 5.54. The Balaban J connectivity index is 1.58. The number of hydrogen-bond acceptors (Lipinski definition) is 6. The van der Waals surface area contributed by atoms with Gasteiger partial charge in [0.2, 0.25) is 9.84 Å². The summed E-state index contributed by atoms with van der Waals surface area (Å²) in [4.78, 5) is 0.433. The number of rotatable bonds is 4. The summed E-state index contributed by atoms with van der Waals surface area (Å²) in [5.41, 5.74) is 4.42. The van der Waals surface area contributed by atoms with Gasteiger partial charge in [0.15, 0.2) is 0 Å². The van der Waals surface area contributed by atoms with E-state index in [1.54, 1.807) is 30.3 Å². The van der Waals surface area contributed by atoms with Crippen LogP contribution in [0.3, 0.4) is 0 Å². The highest BCUT2D eigenvalue weighted by atomic mass is 32.2. The maximum absolute atomic E-state index is 13.4. The lowest BCUT2D eigenvalue weighted by molar-refractivity contribution is 0.333. The molecular formula is C24H17NO5S2. The van der Waals surface area contributed by atoms with Crippen LogP contribution in [0.4, 0.5) is 0 Å². The summed E-state index contributed by atoms with van der Waals surface area (Å²) in [5.74, 6) is 4.81. The monoisotopic (exact) mass is 463 g/mol. The maximum Gasteiger partial charge on any atom is 0.312 e. The molecule has 32 heavy (non-hydrogen) atoms. The standard InChI is InChI=1S/C24H17NO5S2/c25-30-32(28,29)20-10-6-17(7-11-20)19-9-13-22-21-12-8-18(16-4-2-1-3-5-16)14-23(21)31(26,27)24(22)15-19/h1-15H,25H2. The molecule has 0 unspecified atom stereocenters. The number of nitrogens with two attached hydrogens (primary N) is 1. The van der Waals surface area contributed by atoms with Crippen LogP contribution >= 0.6 is 0 Å². The van der Waals surface area contributed by atoms with Crippen molar-refractivity contribution in [2.75, 3.05) is 0 Å². The lowest BCUT2D eigenvalue weighted by Crippen LogP contribution is -2.10. The van der Waals surface area contributed by atoms with Gasteiger partial charge in [0.25, 0.3) is 0 Å². The number of fused-ring (bicyclic) bond motifs is 3. The van der Waals surface area contributed by atoms with Crippen molar-refractivity contribution in [1.82, 2.24) is 0 Å². The Morgan fingerprint density at radius 1 is 0.625 bits per heavy atom. The smallest absolute Gasteiger partial charge is 0.218 e. The molecule has 5 rings (SSSR count). The third-order valence-corrected chi connectivity index (χ3v) is 8.48. The zero-order valence-electron chi connectivity index (χ0n) is 16.6. The molecule has 8 heteroatoms. The minimum atomic E-state index is -4.01. The predicted octanol–water partition coefficient (Wildman–Crippen LogP) is 4.41. The average molecular weight is 464 g/mol. The second kappa shape index (κ2) is 7.39. The Morgan fingerprint density at radius 3 is 1.59 bits per heavy atom. The predicted molar refractivity (Wildman–Crippen MR) is 121 cm³/mol. The van der Waals surface area contributed by atoms with Gasteiger partial charge >= 0.3 is 10.1 Å². The van der Waals surface area contributed by atoms with Crippen LogP contribution in [0.15, 0.2) is 106 Å². The highest BCUT2D eigenvalue weighted by molar-refractivity contribution is 7.92. The molecule has 0 aliphatic carbocycles. The topological polar surface area (TPSA) is 104 Å². The summed E-state index contributed by atoms with van der Waals surface area (Å²) in [5, 5.41) is 0. The lowest BCUT2D eigenvalue weighted by Gasteiger charge is -2.06. The van der Waals surface area contributed by atoms with E-state index in [1.165, 1.54) is 12.1 Å². The molecule has 0 saturated heterocycles. The van der Waals surface area contributed by atoms with Gasteiger partial charge in [0, 0.05) is 11.1 Å². The number of sulfone groups is 1. The molecule has 0 saturated carbocycles. The normalized spacial score (nSPS) is 14.0. The molecule has 160 valence electrons. The second-order valence-electron chi connectivity index (χ2n) is 7.37. The molecule has 0 fully saturated rings. The summed E-state index contributed by atoms with van der Waals surface area (Å²) in [6.07, 6.45) is 0. The first-order valence-corrected chi connectivity index (χ1v) is 12.5. The van der Waals surface area contributed by atoms with E-state index in [-0.39, 0.29) is 14.7 Å². The molecule has 1 aliphatic heterocycles. The van der Waals surface area contributed by atoms with Crippen molar-refractivity contribution in [1.29, 1.82) is 0 Å². The lowest BCUT2D eigenvalue weighted by atomic mass is 9.98. The van der Waals surface area contributed by atoms with Crippen LogP contribution in [0.25, 0.3) is 33.4 Å². The van der Waals surface area contributed by atoms with Crippen molar-refractivity contribution in [3.8, 4) is 33.4 Å². The van der Waals surface area contributed by atoms with Crippen LogP contribution in [0.1, 0.15) is 0 Å². The van der Waals surface area contributed by atoms with E-state index in [1.807, 2.05) is 48.5 Å². The number of hydrogen-bond donors (Lipinski definition) is 1. The van der Waals surface area contributed by atoms with Gasteiger partial charge in [-0.1, -0.05) is 66.7 Å². The van der Waals surface area contributed by atoms with Crippen LogP contribution in [-0.2, 0) is 24.2 Å². The molecule has 0 aromatic heterocycles. The summed E-state index contributed by atoms with van der Waals surface area (Å²) >= 11 is 0. The molecule has 2 N–H and O–H groups in total. The van der Waals surface area contributed by atoms with E-state index in [4.69, 9.17) is 5.90 Å². The molecule has 1 aliphatic rings. The van der Waals surface area contributed by atoms with Gasteiger partial charge in [0.05, 0.1) is 14.7 Å². The van der Waals surface area contributed by atoms with Gasteiger partial charge in [-0.2, -0.15) is 18.6 Å². The van der Waals surface area contributed by atoms with Gasteiger partial charge in [-0.05, 0) is 46.5 Å². The van der Waals surface area contributed by atoms with E-state index < -0.39 is 20.0 Å². The minimum absolute atomic E-state index is 0.0848. The molecule has 4 aromatic rings. The fraction of sp³-hybridized carbons (Fsp3) is 0. The van der Waals surface area contributed by atoms with Crippen LogP contribution < -0.4 is 5.90 Å². The molecule has 0 amide bonds. The van der Waals surface area contributed by atoms with E-state index in [0.29, 0.717) is 22.3 Å². The Kier molecular flexibility index (Phi) is 4.75. The molecule has 1 heterocycles. The second-order valence-corrected chi connectivity index (χ2v) is 10.8. The van der Waals surface area contributed by atoms with Gasteiger partial charge in [0.1, 0.15) is 0 Å². The van der Waals surface area contributed by atoms with E-state index in [2.05, 4.69) is 4.28 Å². The molecule has 0 bridgehead atoms. The zero-order valence-corrected chi connectivity index (χ0v) is 18.2. The largest absolute Gasteiger partial charge is 0.312 e. The van der Waals surface area contributed by atoms with Crippen molar-refractivity contribution < 1.29 is 21.1 Å². The van der Waals surface area contributed by atoms with Crippen molar-refractivity contribution in [2.45, 2.75) is 14.7 Å². The van der Waals surface area contributed by atoms with Gasteiger partial charge in [-0.25, -0.2) is 8.42 Å². The summed E-state index contributed by atoms with van der Waals surface area (Å²) < 4.78 is 54.2. The van der Waals surface area contributed by atoms with Crippen LogP contribution in [0.2, 0.25) is 0 Å². The molecule has 6 nitrogen and oxygen atoms in total. The fourth-order valence-electron chi connectivity index (χ4n) is 3.91. The van der Waals surface area contributed by atoms with E-state index in [0.717, 1.165) is 11.1 Å². The van der Waals surface area contributed by atoms with Gasteiger partial charge in [-0.15, -0.1) is 0 Å². The maximum atomic E-state index is 13.4. The summed E-state index contributed by atoms with van der Waals surface area (Å²) in [6.45, 7) is 0. The molecule has 0 atom stereocenters. The van der Waals surface area contributed by atoms with E-state index >= 15 is 0 Å². The van der Waals surface area contributed by atoms with Crippen LogP contribution in [0, 0.1) is 0 Å². The van der Waals surface area contributed by atoms with Crippen molar-refractivity contribution in [3.05, 3.63) is 91.0 Å². The first-order valence-electron chi connectivity index (χ1n) is 9.64. The highest BCUT2D eigenvalue weighted by Crippen LogP contribution is 2.45. The first kappa shape index (κ1) is 20.6. The fourth-order valence-corrected chi connectivity index (χ4v) is 6.23. The van der Waals surface area contributed by atoms with Crippen molar-refractivity contribution in [2.24, 2.45) is 5.90 Å². The first-order chi connectivity index (χ1) is 15.3.